The summed E-state index contributed by atoms with van der Waals surface area (Å²) in [5, 5.41) is 0.656. The number of rotatable bonds is 4. The molecule has 0 saturated heterocycles. The summed E-state index contributed by atoms with van der Waals surface area (Å²) in [5.41, 5.74) is 2.99. The topological polar surface area (TPSA) is 46.5 Å². The Kier molecular flexibility index (Phi) is 4.46. The molecule has 1 N–H and O–H groups in total. The molecule has 0 radical (unpaired) electrons. The fraction of sp³-hybridized carbons (Fsp3) is 0.143. The van der Waals surface area contributed by atoms with Crippen molar-refractivity contribution in [1.82, 2.24) is 0 Å². The Hall–Kier alpha value is -1.09. The van der Waals surface area contributed by atoms with Crippen molar-refractivity contribution in [2.45, 2.75) is 5.33 Å². The number of benzene rings is 2. The van der Waals surface area contributed by atoms with Crippen molar-refractivity contribution in [2.75, 3.05) is 6.66 Å². The van der Waals surface area contributed by atoms with Crippen LogP contribution in [0.3, 0.4) is 0 Å². The van der Waals surface area contributed by atoms with Gasteiger partial charge in [0.15, 0.2) is 0 Å². The molecule has 100 valence electrons. The zero-order valence-electron chi connectivity index (χ0n) is 10.4. The van der Waals surface area contributed by atoms with Gasteiger partial charge < -0.3 is 9.42 Å². The van der Waals surface area contributed by atoms with E-state index in [1.54, 1.807) is 12.1 Å². The molecule has 1 atom stereocenters. The van der Waals surface area contributed by atoms with Gasteiger partial charge >= 0.3 is 7.60 Å². The van der Waals surface area contributed by atoms with E-state index in [4.69, 9.17) is 4.52 Å². The van der Waals surface area contributed by atoms with Crippen LogP contribution in [0.1, 0.15) is 5.56 Å². The molecule has 0 aromatic heterocycles. The maximum absolute atomic E-state index is 11.4. The lowest BCUT2D eigenvalue weighted by Crippen LogP contribution is -1.92. The number of hydrogen-bond donors (Lipinski definition) is 1. The molecule has 19 heavy (non-hydrogen) atoms. The molecule has 3 nitrogen and oxygen atoms in total. The number of hydrogen-bond acceptors (Lipinski definition) is 2. The predicted molar refractivity (Wildman–Crippen MR) is 80.9 cm³/mol. The Morgan fingerprint density at radius 3 is 2.42 bits per heavy atom. The highest BCUT2D eigenvalue weighted by Gasteiger charge is 2.13. The van der Waals surface area contributed by atoms with Gasteiger partial charge in [-0.1, -0.05) is 52.3 Å². The zero-order valence-corrected chi connectivity index (χ0v) is 12.9. The molecular weight excluding hydrogens is 327 g/mol. The van der Waals surface area contributed by atoms with Crippen LogP contribution in [0.4, 0.5) is 0 Å². The second-order valence-corrected chi connectivity index (χ2v) is 6.61. The van der Waals surface area contributed by atoms with Crippen LogP contribution in [-0.4, -0.2) is 11.6 Å². The van der Waals surface area contributed by atoms with Crippen LogP contribution in [0.2, 0.25) is 0 Å². The number of alkyl halides is 1. The summed E-state index contributed by atoms with van der Waals surface area (Å²) in [7, 11) is -3.54. The van der Waals surface area contributed by atoms with E-state index in [1.165, 1.54) is 6.66 Å². The Labute approximate surface area is 120 Å². The lowest BCUT2D eigenvalue weighted by molar-refractivity contribution is 0.387. The van der Waals surface area contributed by atoms with Gasteiger partial charge in [0.2, 0.25) is 0 Å². The molecule has 0 spiro atoms. The van der Waals surface area contributed by atoms with Gasteiger partial charge in [0.1, 0.15) is 5.75 Å². The first-order valence-corrected chi connectivity index (χ1v) is 8.88. The van der Waals surface area contributed by atoms with E-state index >= 15 is 0 Å². The van der Waals surface area contributed by atoms with Crippen LogP contribution in [0.25, 0.3) is 11.1 Å². The van der Waals surface area contributed by atoms with Crippen LogP contribution in [0.15, 0.2) is 48.5 Å². The smallest absolute Gasteiger partial charge is 0.373 e. The van der Waals surface area contributed by atoms with Gasteiger partial charge in [0.05, 0.1) is 0 Å². The summed E-state index contributed by atoms with van der Waals surface area (Å²) in [6.07, 6.45) is 0. The van der Waals surface area contributed by atoms with Crippen LogP contribution in [0, 0.1) is 0 Å². The second-order valence-electron chi connectivity index (χ2n) is 4.26. The number of halogens is 1. The molecule has 5 heteroatoms. The first-order valence-electron chi connectivity index (χ1n) is 5.73. The molecule has 0 aliphatic heterocycles. The van der Waals surface area contributed by atoms with Gasteiger partial charge in [-0.3, -0.25) is 0 Å². The summed E-state index contributed by atoms with van der Waals surface area (Å²) in [4.78, 5) is 9.32. The Balaban J connectivity index is 2.45. The quantitative estimate of drug-likeness (QED) is 0.661. The van der Waals surface area contributed by atoms with Crippen molar-refractivity contribution in [1.29, 1.82) is 0 Å². The minimum Gasteiger partial charge on any atom is -0.425 e. The summed E-state index contributed by atoms with van der Waals surface area (Å²) >= 11 is 3.39. The maximum atomic E-state index is 11.4. The van der Waals surface area contributed by atoms with Gasteiger partial charge in [-0.25, -0.2) is 4.57 Å². The van der Waals surface area contributed by atoms with Crippen molar-refractivity contribution in [2.24, 2.45) is 0 Å². The summed E-state index contributed by atoms with van der Waals surface area (Å²) in [5.74, 6) is 0.407. The predicted octanol–water partition coefficient (Wildman–Crippen LogP) is 4.44. The average molecular weight is 341 g/mol. The van der Waals surface area contributed by atoms with E-state index in [9.17, 15) is 9.46 Å². The third-order valence-electron chi connectivity index (χ3n) is 2.50. The lowest BCUT2D eigenvalue weighted by Gasteiger charge is -2.12. The van der Waals surface area contributed by atoms with Gasteiger partial charge in [-0.15, -0.1) is 0 Å². The minimum atomic E-state index is -3.54. The highest BCUT2D eigenvalue weighted by molar-refractivity contribution is 9.08. The van der Waals surface area contributed by atoms with Gasteiger partial charge in [-0.2, -0.15) is 0 Å². The van der Waals surface area contributed by atoms with Crippen molar-refractivity contribution in [3.8, 4) is 16.9 Å². The van der Waals surface area contributed by atoms with Crippen LogP contribution in [0.5, 0.6) is 5.75 Å². The molecule has 2 aromatic rings. The molecule has 0 fully saturated rings. The van der Waals surface area contributed by atoms with E-state index < -0.39 is 7.60 Å². The Morgan fingerprint density at radius 1 is 1.16 bits per heavy atom. The monoisotopic (exact) mass is 340 g/mol. The first-order chi connectivity index (χ1) is 8.98. The molecule has 2 rings (SSSR count). The van der Waals surface area contributed by atoms with E-state index in [2.05, 4.69) is 15.9 Å². The molecule has 0 saturated carbocycles. The summed E-state index contributed by atoms with van der Waals surface area (Å²) in [6, 6.07) is 15.4. The largest absolute Gasteiger partial charge is 0.425 e. The average Bonchev–Trinajstić information content (AvgIpc) is 2.37. The maximum Gasteiger partial charge on any atom is 0.373 e. The Morgan fingerprint density at radius 2 is 1.84 bits per heavy atom. The van der Waals surface area contributed by atoms with E-state index in [1.807, 2.05) is 36.4 Å². The van der Waals surface area contributed by atoms with Crippen molar-refractivity contribution in [3.63, 3.8) is 0 Å². The summed E-state index contributed by atoms with van der Waals surface area (Å²) in [6.45, 7) is 1.18. The molecule has 0 amide bonds. The van der Waals surface area contributed by atoms with E-state index in [0.717, 1.165) is 16.7 Å². The molecule has 1 unspecified atom stereocenters. The van der Waals surface area contributed by atoms with Crippen molar-refractivity contribution >= 4 is 23.5 Å². The first kappa shape index (κ1) is 14.3. The van der Waals surface area contributed by atoms with Crippen molar-refractivity contribution in [3.05, 3.63) is 54.1 Å². The fourth-order valence-corrected chi connectivity index (χ4v) is 2.60. The molecule has 0 aliphatic carbocycles. The highest BCUT2D eigenvalue weighted by Crippen LogP contribution is 2.40. The third-order valence-corrected chi connectivity index (χ3v) is 3.70. The normalized spacial score (nSPS) is 13.8. The second kappa shape index (κ2) is 5.91. The molecule has 0 bridgehead atoms. The zero-order chi connectivity index (χ0) is 13.9. The Bertz CT molecular complexity index is 607. The van der Waals surface area contributed by atoms with Crippen molar-refractivity contribution < 1.29 is 14.0 Å². The van der Waals surface area contributed by atoms with Crippen LogP contribution in [-0.2, 0) is 9.90 Å². The van der Waals surface area contributed by atoms with Gasteiger partial charge in [0, 0.05) is 12.0 Å². The highest BCUT2D eigenvalue weighted by atomic mass is 79.9. The SMILES string of the molecule is CP(=O)(O)Oc1cc(CBr)cc(-c2ccccc2)c1. The van der Waals surface area contributed by atoms with Gasteiger partial charge in [0.25, 0.3) is 0 Å². The van der Waals surface area contributed by atoms with Crippen LogP contribution < -0.4 is 4.52 Å². The molecule has 0 heterocycles. The molecule has 2 aromatic carbocycles. The van der Waals surface area contributed by atoms with E-state index in [0.29, 0.717) is 11.1 Å². The molecule has 0 aliphatic rings. The van der Waals surface area contributed by atoms with Gasteiger partial charge in [-0.05, 0) is 28.8 Å². The third kappa shape index (κ3) is 4.20. The van der Waals surface area contributed by atoms with Crippen LogP contribution >= 0.6 is 23.5 Å². The summed E-state index contributed by atoms with van der Waals surface area (Å²) < 4.78 is 16.4. The minimum absolute atomic E-state index is 0.407. The molecular formula is C14H14BrO3P. The van der Waals surface area contributed by atoms with E-state index in [-0.39, 0.29) is 0 Å². The standard InChI is InChI=1S/C14H14BrO3P/c1-19(16,17)18-14-8-11(10-15)7-13(9-14)12-5-3-2-4-6-12/h2-9H,10H2,1H3,(H,16,17). The fourth-order valence-electron chi connectivity index (χ4n) is 1.78. The lowest BCUT2D eigenvalue weighted by atomic mass is 10.0.